The molecule has 5 nitrogen and oxygen atoms in total. The van der Waals surface area contributed by atoms with Crippen LogP contribution in [0.15, 0.2) is 6.33 Å². The largest absolute Gasteiger partial charge is 0.480 e. The molecule has 3 rings (SSSR count). The van der Waals surface area contributed by atoms with E-state index in [1.165, 1.54) is 0 Å². The molecule has 2 aliphatic rings. The predicted molar refractivity (Wildman–Crippen MR) is 75.7 cm³/mol. The third-order valence-electron chi connectivity index (χ3n) is 4.87. The van der Waals surface area contributed by atoms with Crippen LogP contribution in [-0.2, 0) is 4.79 Å². The van der Waals surface area contributed by atoms with Gasteiger partial charge in [0.15, 0.2) is 0 Å². The van der Waals surface area contributed by atoms with E-state index in [0.717, 1.165) is 43.5 Å². The second-order valence-electron chi connectivity index (χ2n) is 6.38. The van der Waals surface area contributed by atoms with Gasteiger partial charge in [-0.2, -0.15) is 0 Å². The SMILES string of the molecule is Cc1ncn(C2CCCC(NC3CC3)(C(=O)O)C2)c1C. The maximum Gasteiger partial charge on any atom is 0.323 e. The summed E-state index contributed by atoms with van der Waals surface area (Å²) in [6.45, 7) is 4.06. The molecular weight excluding hydrogens is 254 g/mol. The molecule has 2 saturated carbocycles. The van der Waals surface area contributed by atoms with Gasteiger partial charge in [0.2, 0.25) is 0 Å². The molecule has 2 aliphatic carbocycles. The van der Waals surface area contributed by atoms with Gasteiger partial charge in [-0.25, -0.2) is 4.98 Å². The van der Waals surface area contributed by atoms with E-state index in [4.69, 9.17) is 0 Å². The Labute approximate surface area is 119 Å². The number of aliphatic carboxylic acids is 1. The highest BCUT2D eigenvalue weighted by atomic mass is 16.4. The predicted octanol–water partition coefficient (Wildman–Crippen LogP) is 2.19. The van der Waals surface area contributed by atoms with Crippen LogP contribution in [0, 0.1) is 13.8 Å². The van der Waals surface area contributed by atoms with E-state index in [1.807, 2.05) is 13.3 Å². The highest BCUT2D eigenvalue weighted by Crippen LogP contribution is 2.38. The van der Waals surface area contributed by atoms with Gasteiger partial charge >= 0.3 is 5.97 Å². The molecule has 1 aromatic heterocycles. The van der Waals surface area contributed by atoms with Crippen molar-refractivity contribution in [2.45, 2.75) is 70.0 Å². The molecule has 0 aliphatic heterocycles. The van der Waals surface area contributed by atoms with E-state index in [9.17, 15) is 9.90 Å². The van der Waals surface area contributed by atoms with Crippen molar-refractivity contribution in [1.82, 2.24) is 14.9 Å². The second kappa shape index (κ2) is 4.88. The number of aromatic nitrogens is 2. The number of carboxylic acid groups (broad SMARTS) is 1. The van der Waals surface area contributed by atoms with Crippen molar-refractivity contribution in [1.29, 1.82) is 0 Å². The lowest BCUT2D eigenvalue weighted by Gasteiger charge is -2.39. The lowest BCUT2D eigenvalue weighted by Crippen LogP contribution is -2.55. The number of carbonyl (C=O) groups is 1. The molecule has 110 valence electrons. The Hall–Kier alpha value is -1.36. The Bertz CT molecular complexity index is 521. The van der Waals surface area contributed by atoms with Crippen LogP contribution < -0.4 is 5.32 Å². The van der Waals surface area contributed by atoms with Gasteiger partial charge in [0, 0.05) is 17.8 Å². The average Bonchev–Trinajstić information content (AvgIpc) is 3.16. The quantitative estimate of drug-likeness (QED) is 0.885. The van der Waals surface area contributed by atoms with E-state index in [2.05, 4.69) is 21.8 Å². The Kier molecular flexibility index (Phi) is 3.32. The molecule has 0 spiro atoms. The Balaban J connectivity index is 1.83. The monoisotopic (exact) mass is 277 g/mol. The molecule has 1 aromatic rings. The minimum Gasteiger partial charge on any atom is -0.480 e. The molecule has 0 aromatic carbocycles. The first kappa shape index (κ1) is 13.6. The average molecular weight is 277 g/mol. The molecule has 0 saturated heterocycles. The third kappa shape index (κ3) is 2.35. The van der Waals surface area contributed by atoms with E-state index < -0.39 is 11.5 Å². The van der Waals surface area contributed by atoms with Crippen molar-refractivity contribution in [2.75, 3.05) is 0 Å². The molecule has 20 heavy (non-hydrogen) atoms. The van der Waals surface area contributed by atoms with Gasteiger partial charge in [-0.05, 0) is 52.4 Å². The molecule has 0 bridgehead atoms. The van der Waals surface area contributed by atoms with Crippen LogP contribution >= 0.6 is 0 Å². The third-order valence-corrected chi connectivity index (χ3v) is 4.87. The summed E-state index contributed by atoms with van der Waals surface area (Å²) in [7, 11) is 0. The molecule has 2 fully saturated rings. The molecule has 2 N–H and O–H groups in total. The van der Waals surface area contributed by atoms with Gasteiger partial charge in [-0.1, -0.05) is 0 Å². The van der Waals surface area contributed by atoms with Crippen molar-refractivity contribution in [2.24, 2.45) is 0 Å². The minimum atomic E-state index is -0.741. The number of aryl methyl sites for hydroxylation is 1. The summed E-state index contributed by atoms with van der Waals surface area (Å²) in [5.74, 6) is -0.691. The molecular formula is C15H23N3O2. The van der Waals surface area contributed by atoms with Gasteiger partial charge in [0.1, 0.15) is 5.54 Å². The normalized spacial score (nSPS) is 30.4. The van der Waals surface area contributed by atoms with E-state index in [1.54, 1.807) is 0 Å². The van der Waals surface area contributed by atoms with Crippen molar-refractivity contribution >= 4 is 5.97 Å². The second-order valence-corrected chi connectivity index (χ2v) is 6.38. The number of rotatable bonds is 4. The number of nitrogens with zero attached hydrogens (tertiary/aromatic N) is 2. The first-order valence-electron chi connectivity index (χ1n) is 7.53. The molecule has 1 heterocycles. The number of imidazole rings is 1. The minimum absolute atomic E-state index is 0.243. The summed E-state index contributed by atoms with van der Waals surface area (Å²) in [6, 6.07) is 0.655. The summed E-state index contributed by atoms with van der Waals surface area (Å²) in [5, 5.41) is 13.1. The first-order valence-corrected chi connectivity index (χ1v) is 7.53. The Morgan fingerprint density at radius 2 is 2.20 bits per heavy atom. The number of nitrogens with one attached hydrogen (secondary N) is 1. The molecule has 2 unspecified atom stereocenters. The Morgan fingerprint density at radius 1 is 1.45 bits per heavy atom. The van der Waals surface area contributed by atoms with Crippen LogP contribution in [-0.4, -0.2) is 32.2 Å². The lowest BCUT2D eigenvalue weighted by molar-refractivity contribution is -0.147. The molecule has 2 atom stereocenters. The maximum atomic E-state index is 11.8. The van der Waals surface area contributed by atoms with Crippen molar-refractivity contribution in [3.63, 3.8) is 0 Å². The van der Waals surface area contributed by atoms with Gasteiger partial charge in [0.25, 0.3) is 0 Å². The zero-order valence-corrected chi connectivity index (χ0v) is 12.2. The van der Waals surface area contributed by atoms with Crippen molar-refractivity contribution < 1.29 is 9.90 Å². The van der Waals surface area contributed by atoms with Crippen molar-refractivity contribution in [3.05, 3.63) is 17.7 Å². The van der Waals surface area contributed by atoms with Crippen LogP contribution in [0.5, 0.6) is 0 Å². The van der Waals surface area contributed by atoms with Crippen LogP contribution in [0.25, 0.3) is 0 Å². The summed E-state index contributed by atoms with van der Waals surface area (Å²) in [6.07, 6.45) is 7.49. The standard InChI is InChI=1S/C15H23N3O2/c1-10-11(2)18(9-16-10)13-4-3-7-15(8-13,14(19)20)17-12-5-6-12/h9,12-13,17H,3-8H2,1-2H3,(H,19,20). The van der Waals surface area contributed by atoms with E-state index in [-0.39, 0.29) is 6.04 Å². The summed E-state index contributed by atoms with van der Waals surface area (Å²) < 4.78 is 2.17. The van der Waals surface area contributed by atoms with Crippen molar-refractivity contribution in [3.8, 4) is 0 Å². The fraction of sp³-hybridized carbons (Fsp3) is 0.733. The maximum absolute atomic E-state index is 11.8. The van der Waals surface area contributed by atoms with Crippen LogP contribution in [0.3, 0.4) is 0 Å². The first-order chi connectivity index (χ1) is 9.52. The zero-order valence-electron chi connectivity index (χ0n) is 12.2. The van der Waals surface area contributed by atoms with Gasteiger partial charge in [-0.3, -0.25) is 10.1 Å². The summed E-state index contributed by atoms with van der Waals surface area (Å²) in [5.41, 5.74) is 1.45. The highest BCUT2D eigenvalue weighted by Gasteiger charge is 2.46. The Morgan fingerprint density at radius 3 is 2.75 bits per heavy atom. The van der Waals surface area contributed by atoms with Crippen LogP contribution in [0.1, 0.15) is 56.0 Å². The molecule has 0 amide bonds. The van der Waals surface area contributed by atoms with E-state index >= 15 is 0 Å². The number of carboxylic acids is 1. The van der Waals surface area contributed by atoms with Gasteiger partial charge in [-0.15, -0.1) is 0 Å². The molecule has 5 heteroatoms. The fourth-order valence-electron chi connectivity index (χ4n) is 3.37. The number of hydrogen-bond donors (Lipinski definition) is 2. The van der Waals surface area contributed by atoms with Crippen LogP contribution in [0.2, 0.25) is 0 Å². The summed E-state index contributed by atoms with van der Waals surface area (Å²) >= 11 is 0. The fourth-order valence-corrected chi connectivity index (χ4v) is 3.37. The van der Waals surface area contributed by atoms with Gasteiger partial charge < -0.3 is 9.67 Å². The summed E-state index contributed by atoms with van der Waals surface area (Å²) in [4.78, 5) is 16.2. The zero-order chi connectivity index (χ0) is 14.3. The van der Waals surface area contributed by atoms with Gasteiger partial charge in [0.05, 0.1) is 12.0 Å². The van der Waals surface area contributed by atoms with Crippen LogP contribution in [0.4, 0.5) is 0 Å². The lowest BCUT2D eigenvalue weighted by atomic mass is 9.78. The number of hydrogen-bond acceptors (Lipinski definition) is 3. The topological polar surface area (TPSA) is 67.2 Å². The smallest absolute Gasteiger partial charge is 0.323 e. The highest BCUT2D eigenvalue weighted by molar-refractivity contribution is 5.79. The molecule has 0 radical (unpaired) electrons. The van der Waals surface area contributed by atoms with E-state index in [0.29, 0.717) is 12.5 Å².